The zero-order valence-electron chi connectivity index (χ0n) is 9.71. The maximum atomic E-state index is 2.46. The van der Waals surface area contributed by atoms with Crippen LogP contribution >= 0.6 is 0 Å². The molecule has 0 bridgehead atoms. The lowest BCUT2D eigenvalue weighted by molar-refractivity contribution is 0.268. The number of hydrogen-bond donors (Lipinski definition) is 0. The summed E-state index contributed by atoms with van der Waals surface area (Å²) in [5.41, 5.74) is 0. The van der Waals surface area contributed by atoms with Crippen molar-refractivity contribution in [2.24, 2.45) is 0 Å². The van der Waals surface area contributed by atoms with E-state index in [0.717, 1.165) is 13.1 Å². The average Bonchev–Trinajstić information content (AvgIpc) is 2.14. The third kappa shape index (κ3) is 5.87. The zero-order chi connectivity index (χ0) is 10.1. The van der Waals surface area contributed by atoms with Gasteiger partial charge in [0.05, 0.1) is 0 Å². The van der Waals surface area contributed by atoms with Gasteiger partial charge in [-0.25, -0.2) is 0 Å². The van der Waals surface area contributed by atoms with E-state index in [1.165, 1.54) is 19.3 Å². The van der Waals surface area contributed by atoms with Gasteiger partial charge in [0.1, 0.15) is 0 Å². The summed E-state index contributed by atoms with van der Waals surface area (Å²) in [5, 5.41) is 0. The molecule has 13 heavy (non-hydrogen) atoms. The van der Waals surface area contributed by atoms with Crippen LogP contribution in [0.2, 0.25) is 0 Å². The Labute approximate surface area is 83.8 Å². The lowest BCUT2D eigenvalue weighted by atomic mass is 10.2. The summed E-state index contributed by atoms with van der Waals surface area (Å²) in [6.45, 7) is 11.3. The summed E-state index contributed by atoms with van der Waals surface area (Å²) >= 11 is 0. The van der Waals surface area contributed by atoms with Crippen LogP contribution in [-0.2, 0) is 0 Å². The molecule has 0 aromatic rings. The molecule has 0 aliphatic heterocycles. The SMILES string of the molecule is CCCC/C=C/C(C)N(CC)CC. The van der Waals surface area contributed by atoms with Crippen molar-refractivity contribution in [1.82, 2.24) is 4.90 Å². The highest BCUT2D eigenvalue weighted by atomic mass is 15.1. The van der Waals surface area contributed by atoms with Crippen LogP contribution in [0.25, 0.3) is 0 Å². The minimum atomic E-state index is 0.604. The largest absolute Gasteiger partial charge is 0.298 e. The molecular formula is C12H25N. The Morgan fingerprint density at radius 1 is 1.15 bits per heavy atom. The number of unbranched alkanes of at least 4 members (excludes halogenated alkanes) is 2. The molecule has 0 aromatic heterocycles. The standard InChI is InChI=1S/C12H25N/c1-5-8-9-10-11-12(4)13(6-2)7-3/h10-12H,5-9H2,1-4H3/b11-10+. The van der Waals surface area contributed by atoms with Gasteiger partial charge in [0.2, 0.25) is 0 Å². The number of rotatable bonds is 7. The monoisotopic (exact) mass is 183 g/mol. The van der Waals surface area contributed by atoms with Gasteiger partial charge in [-0.1, -0.05) is 45.8 Å². The molecule has 0 heterocycles. The van der Waals surface area contributed by atoms with Gasteiger partial charge in [-0.3, -0.25) is 4.90 Å². The van der Waals surface area contributed by atoms with Crippen molar-refractivity contribution in [2.75, 3.05) is 13.1 Å². The molecule has 1 heteroatoms. The molecule has 0 amide bonds. The highest BCUT2D eigenvalue weighted by molar-refractivity contribution is 4.91. The van der Waals surface area contributed by atoms with Gasteiger partial charge in [0.25, 0.3) is 0 Å². The van der Waals surface area contributed by atoms with Crippen LogP contribution in [-0.4, -0.2) is 24.0 Å². The van der Waals surface area contributed by atoms with Crippen LogP contribution in [0.15, 0.2) is 12.2 Å². The minimum Gasteiger partial charge on any atom is -0.298 e. The summed E-state index contributed by atoms with van der Waals surface area (Å²) < 4.78 is 0. The van der Waals surface area contributed by atoms with Crippen molar-refractivity contribution in [2.45, 2.75) is 53.0 Å². The smallest absolute Gasteiger partial charge is 0.0249 e. The van der Waals surface area contributed by atoms with Crippen LogP contribution in [0.4, 0.5) is 0 Å². The van der Waals surface area contributed by atoms with E-state index < -0.39 is 0 Å². The second kappa shape index (κ2) is 8.31. The molecule has 0 N–H and O–H groups in total. The summed E-state index contributed by atoms with van der Waals surface area (Å²) in [5.74, 6) is 0. The van der Waals surface area contributed by atoms with E-state index in [1.54, 1.807) is 0 Å². The van der Waals surface area contributed by atoms with Crippen LogP contribution in [0.5, 0.6) is 0 Å². The lowest BCUT2D eigenvalue weighted by Gasteiger charge is -2.23. The van der Waals surface area contributed by atoms with Crippen LogP contribution in [0, 0.1) is 0 Å². The summed E-state index contributed by atoms with van der Waals surface area (Å²) in [6, 6.07) is 0.604. The summed E-state index contributed by atoms with van der Waals surface area (Å²) in [6.07, 6.45) is 8.52. The van der Waals surface area contributed by atoms with Crippen LogP contribution in [0.1, 0.15) is 47.0 Å². The number of allylic oxidation sites excluding steroid dienone is 1. The number of nitrogens with zero attached hydrogens (tertiary/aromatic N) is 1. The molecule has 1 nitrogen and oxygen atoms in total. The Morgan fingerprint density at radius 3 is 2.23 bits per heavy atom. The van der Waals surface area contributed by atoms with Gasteiger partial charge >= 0.3 is 0 Å². The molecule has 0 saturated heterocycles. The van der Waals surface area contributed by atoms with Crippen molar-refractivity contribution in [3.05, 3.63) is 12.2 Å². The van der Waals surface area contributed by atoms with E-state index in [1.807, 2.05) is 0 Å². The minimum absolute atomic E-state index is 0.604. The van der Waals surface area contributed by atoms with E-state index in [0.29, 0.717) is 6.04 Å². The van der Waals surface area contributed by atoms with Crippen molar-refractivity contribution in [3.63, 3.8) is 0 Å². The van der Waals surface area contributed by atoms with Crippen LogP contribution < -0.4 is 0 Å². The first kappa shape index (κ1) is 12.7. The number of hydrogen-bond acceptors (Lipinski definition) is 1. The lowest BCUT2D eigenvalue weighted by Crippen LogP contribution is -2.30. The van der Waals surface area contributed by atoms with E-state index in [-0.39, 0.29) is 0 Å². The van der Waals surface area contributed by atoms with E-state index in [2.05, 4.69) is 44.7 Å². The first-order chi connectivity index (χ1) is 6.26. The first-order valence-corrected chi connectivity index (χ1v) is 5.66. The third-order valence-electron chi connectivity index (χ3n) is 2.53. The van der Waals surface area contributed by atoms with E-state index in [4.69, 9.17) is 0 Å². The van der Waals surface area contributed by atoms with Gasteiger partial charge in [0.15, 0.2) is 0 Å². The Kier molecular flexibility index (Phi) is 8.11. The van der Waals surface area contributed by atoms with Gasteiger partial charge in [-0.2, -0.15) is 0 Å². The highest BCUT2D eigenvalue weighted by Crippen LogP contribution is 2.02. The second-order valence-corrected chi connectivity index (χ2v) is 3.53. The van der Waals surface area contributed by atoms with Crippen molar-refractivity contribution < 1.29 is 0 Å². The normalized spacial score (nSPS) is 14.2. The molecule has 1 atom stereocenters. The Hall–Kier alpha value is -0.300. The van der Waals surface area contributed by atoms with E-state index in [9.17, 15) is 0 Å². The fraction of sp³-hybridized carbons (Fsp3) is 0.833. The topological polar surface area (TPSA) is 3.24 Å². The number of likely N-dealkylation sites (N-methyl/N-ethyl adjacent to an activating group) is 1. The molecular weight excluding hydrogens is 158 g/mol. The fourth-order valence-corrected chi connectivity index (χ4v) is 1.54. The zero-order valence-corrected chi connectivity index (χ0v) is 9.71. The Morgan fingerprint density at radius 2 is 1.77 bits per heavy atom. The molecule has 0 spiro atoms. The second-order valence-electron chi connectivity index (χ2n) is 3.53. The molecule has 0 aliphatic carbocycles. The molecule has 0 fully saturated rings. The van der Waals surface area contributed by atoms with Gasteiger partial charge in [-0.05, 0) is 26.4 Å². The fourth-order valence-electron chi connectivity index (χ4n) is 1.54. The maximum absolute atomic E-state index is 2.46. The Balaban J connectivity index is 3.69. The predicted molar refractivity (Wildman–Crippen MR) is 61.0 cm³/mol. The molecule has 0 saturated carbocycles. The molecule has 1 unspecified atom stereocenters. The molecule has 0 aliphatic rings. The van der Waals surface area contributed by atoms with Crippen molar-refractivity contribution in [3.8, 4) is 0 Å². The molecule has 0 radical (unpaired) electrons. The maximum Gasteiger partial charge on any atom is 0.0249 e. The van der Waals surface area contributed by atoms with Gasteiger partial charge < -0.3 is 0 Å². The molecule has 0 aromatic carbocycles. The average molecular weight is 183 g/mol. The summed E-state index contributed by atoms with van der Waals surface area (Å²) in [4.78, 5) is 2.46. The van der Waals surface area contributed by atoms with E-state index >= 15 is 0 Å². The van der Waals surface area contributed by atoms with Crippen LogP contribution in [0.3, 0.4) is 0 Å². The van der Waals surface area contributed by atoms with Crippen molar-refractivity contribution in [1.29, 1.82) is 0 Å². The molecule has 0 rings (SSSR count). The summed E-state index contributed by atoms with van der Waals surface area (Å²) in [7, 11) is 0. The molecule has 78 valence electrons. The third-order valence-corrected chi connectivity index (χ3v) is 2.53. The first-order valence-electron chi connectivity index (χ1n) is 5.66. The highest BCUT2D eigenvalue weighted by Gasteiger charge is 2.04. The van der Waals surface area contributed by atoms with Crippen molar-refractivity contribution >= 4 is 0 Å². The quantitative estimate of drug-likeness (QED) is 0.431. The Bertz CT molecular complexity index is 125. The predicted octanol–water partition coefficient (Wildman–Crippen LogP) is 3.46. The van der Waals surface area contributed by atoms with Gasteiger partial charge in [-0.15, -0.1) is 0 Å². The van der Waals surface area contributed by atoms with Gasteiger partial charge in [0, 0.05) is 6.04 Å².